The lowest BCUT2D eigenvalue weighted by molar-refractivity contribution is 0.111. The van der Waals surface area contributed by atoms with Gasteiger partial charge in [0.15, 0.2) is 5.96 Å². The summed E-state index contributed by atoms with van der Waals surface area (Å²) in [5, 5.41) is 8.92. The van der Waals surface area contributed by atoms with Crippen molar-refractivity contribution in [2.75, 3.05) is 33.3 Å². The van der Waals surface area contributed by atoms with Crippen LogP contribution in [-0.4, -0.2) is 56.3 Å². The molecule has 2 heterocycles. The maximum absolute atomic E-state index is 11.5. The largest absolute Gasteiger partial charge is 0.453 e. The first kappa shape index (κ1) is 18.6. The van der Waals surface area contributed by atoms with Gasteiger partial charge in [0.05, 0.1) is 13.7 Å². The summed E-state index contributed by atoms with van der Waals surface area (Å²) in [6.45, 7) is 7.30. The maximum Gasteiger partial charge on any atom is 0.409 e. The molecule has 0 radical (unpaired) electrons. The van der Waals surface area contributed by atoms with Crippen LogP contribution in [0.15, 0.2) is 22.5 Å². The molecule has 2 N–H and O–H groups in total. The number of carbonyl (C=O) groups is 1. The van der Waals surface area contributed by atoms with Gasteiger partial charge in [-0.1, -0.05) is 13.0 Å². The Morgan fingerprint density at radius 3 is 2.83 bits per heavy atom. The fourth-order valence-corrected chi connectivity index (χ4v) is 3.52. The van der Waals surface area contributed by atoms with Crippen LogP contribution in [-0.2, 0) is 4.74 Å². The number of nitrogens with one attached hydrogen (secondary N) is 2. The van der Waals surface area contributed by atoms with Crippen LogP contribution in [0.3, 0.4) is 0 Å². The van der Waals surface area contributed by atoms with Crippen molar-refractivity contribution >= 4 is 23.4 Å². The minimum atomic E-state index is -0.237. The summed E-state index contributed by atoms with van der Waals surface area (Å²) in [5.41, 5.74) is 0. The van der Waals surface area contributed by atoms with E-state index in [0.717, 1.165) is 45.0 Å². The van der Waals surface area contributed by atoms with E-state index in [0.29, 0.717) is 12.0 Å². The average Bonchev–Trinajstić information content (AvgIpc) is 3.14. The van der Waals surface area contributed by atoms with Gasteiger partial charge in [0.1, 0.15) is 0 Å². The molecule has 1 fully saturated rings. The van der Waals surface area contributed by atoms with Gasteiger partial charge in [0, 0.05) is 36.5 Å². The first-order valence-corrected chi connectivity index (χ1v) is 9.43. The Labute approximate surface area is 148 Å². The van der Waals surface area contributed by atoms with E-state index in [1.807, 2.05) is 0 Å². The Kier molecular flexibility index (Phi) is 7.36. The molecular weight excluding hydrogens is 324 g/mol. The number of guanidine groups is 1. The number of aliphatic imine (C=N–C) groups is 1. The minimum Gasteiger partial charge on any atom is -0.453 e. The van der Waals surface area contributed by atoms with Gasteiger partial charge in [0.25, 0.3) is 0 Å². The molecule has 0 bridgehead atoms. The smallest absolute Gasteiger partial charge is 0.409 e. The SMILES string of the molecule is CCNC(=NCC(C)c1cccs1)NC1CCN(C(=O)OC)CC1. The van der Waals surface area contributed by atoms with E-state index in [9.17, 15) is 4.79 Å². The molecule has 1 aromatic heterocycles. The van der Waals surface area contributed by atoms with Gasteiger partial charge < -0.3 is 20.3 Å². The minimum absolute atomic E-state index is 0.237. The molecule has 1 aliphatic heterocycles. The van der Waals surface area contributed by atoms with Gasteiger partial charge in [-0.2, -0.15) is 0 Å². The Bertz CT molecular complexity index is 525. The number of ether oxygens (including phenoxy) is 1. The molecule has 0 aliphatic carbocycles. The highest BCUT2D eigenvalue weighted by Crippen LogP contribution is 2.20. The lowest BCUT2D eigenvalue weighted by Crippen LogP contribution is -2.49. The third-order valence-electron chi connectivity index (χ3n) is 4.16. The molecule has 1 unspecified atom stereocenters. The highest BCUT2D eigenvalue weighted by atomic mass is 32.1. The number of methoxy groups -OCH3 is 1. The van der Waals surface area contributed by atoms with Crippen LogP contribution < -0.4 is 10.6 Å². The molecule has 0 saturated carbocycles. The number of carbonyl (C=O) groups excluding carboxylic acids is 1. The lowest BCUT2D eigenvalue weighted by Gasteiger charge is -2.32. The van der Waals surface area contributed by atoms with Crippen molar-refractivity contribution in [1.82, 2.24) is 15.5 Å². The molecule has 6 nitrogen and oxygen atoms in total. The number of piperidine rings is 1. The van der Waals surface area contributed by atoms with Crippen molar-refractivity contribution in [3.05, 3.63) is 22.4 Å². The van der Waals surface area contributed by atoms with Gasteiger partial charge in [-0.15, -0.1) is 11.3 Å². The number of hydrogen-bond acceptors (Lipinski definition) is 4. The van der Waals surface area contributed by atoms with Gasteiger partial charge in [-0.05, 0) is 31.2 Å². The number of thiophene rings is 1. The second kappa shape index (κ2) is 9.52. The molecule has 1 saturated heterocycles. The molecule has 1 amide bonds. The highest BCUT2D eigenvalue weighted by molar-refractivity contribution is 7.10. The van der Waals surface area contributed by atoms with Crippen molar-refractivity contribution in [2.24, 2.45) is 4.99 Å². The normalized spacial score (nSPS) is 17.5. The Morgan fingerprint density at radius 2 is 2.25 bits per heavy atom. The molecular formula is C17H28N4O2S. The zero-order valence-electron chi connectivity index (χ0n) is 14.7. The molecule has 0 aromatic carbocycles. The van der Waals surface area contributed by atoms with Crippen LogP contribution in [0, 0.1) is 0 Å². The van der Waals surface area contributed by atoms with E-state index >= 15 is 0 Å². The monoisotopic (exact) mass is 352 g/mol. The number of hydrogen-bond donors (Lipinski definition) is 2. The van der Waals surface area contributed by atoms with E-state index in [4.69, 9.17) is 9.73 Å². The van der Waals surface area contributed by atoms with Gasteiger partial charge in [0.2, 0.25) is 0 Å². The Morgan fingerprint density at radius 1 is 1.50 bits per heavy atom. The molecule has 134 valence electrons. The fraction of sp³-hybridized carbons (Fsp3) is 0.647. The summed E-state index contributed by atoms with van der Waals surface area (Å²) in [6, 6.07) is 4.58. The molecule has 24 heavy (non-hydrogen) atoms. The fourth-order valence-electron chi connectivity index (χ4n) is 2.74. The Balaban J connectivity index is 1.85. The number of nitrogens with zero attached hydrogens (tertiary/aromatic N) is 2. The zero-order valence-corrected chi connectivity index (χ0v) is 15.6. The quantitative estimate of drug-likeness (QED) is 0.631. The molecule has 1 aromatic rings. The standard InChI is InChI=1S/C17H28N4O2S/c1-4-18-16(19-12-13(2)15-6-5-11-24-15)20-14-7-9-21(10-8-14)17(22)23-3/h5-6,11,13-14H,4,7-10,12H2,1-3H3,(H2,18,19,20). The van der Waals surface area contributed by atoms with Gasteiger partial charge >= 0.3 is 6.09 Å². The number of rotatable bonds is 5. The number of amides is 1. The summed E-state index contributed by atoms with van der Waals surface area (Å²) in [6.07, 6.45) is 1.57. The maximum atomic E-state index is 11.5. The lowest BCUT2D eigenvalue weighted by atomic mass is 10.1. The molecule has 2 rings (SSSR count). The molecule has 0 spiro atoms. The third kappa shape index (κ3) is 5.40. The van der Waals surface area contributed by atoms with Crippen molar-refractivity contribution in [2.45, 2.75) is 38.6 Å². The summed E-state index contributed by atoms with van der Waals surface area (Å²) in [7, 11) is 1.43. The van der Waals surface area contributed by atoms with Crippen LogP contribution in [0.5, 0.6) is 0 Å². The van der Waals surface area contributed by atoms with Crippen LogP contribution in [0.1, 0.15) is 37.5 Å². The third-order valence-corrected chi connectivity index (χ3v) is 5.27. The van der Waals surface area contributed by atoms with Crippen molar-refractivity contribution in [3.63, 3.8) is 0 Å². The predicted molar refractivity (Wildman–Crippen MR) is 98.8 cm³/mol. The van der Waals surface area contributed by atoms with Gasteiger partial charge in [-0.25, -0.2) is 4.79 Å². The van der Waals surface area contributed by atoms with Gasteiger partial charge in [-0.3, -0.25) is 4.99 Å². The highest BCUT2D eigenvalue weighted by Gasteiger charge is 2.23. The molecule has 1 aliphatic rings. The second-order valence-electron chi connectivity index (χ2n) is 6.01. The van der Waals surface area contributed by atoms with E-state index < -0.39 is 0 Å². The summed E-state index contributed by atoms with van der Waals surface area (Å²) >= 11 is 1.78. The summed E-state index contributed by atoms with van der Waals surface area (Å²) < 4.78 is 4.78. The Hall–Kier alpha value is -1.76. The van der Waals surface area contributed by atoms with Crippen LogP contribution in [0.25, 0.3) is 0 Å². The first-order chi connectivity index (χ1) is 11.6. The topological polar surface area (TPSA) is 66.0 Å². The van der Waals surface area contributed by atoms with Crippen molar-refractivity contribution in [3.8, 4) is 0 Å². The molecule has 1 atom stereocenters. The molecule has 7 heteroatoms. The van der Waals surface area contributed by atoms with E-state index in [-0.39, 0.29) is 6.09 Å². The van der Waals surface area contributed by atoms with Crippen molar-refractivity contribution in [1.29, 1.82) is 0 Å². The van der Waals surface area contributed by atoms with E-state index in [2.05, 4.69) is 42.0 Å². The number of likely N-dealkylation sites (tertiary alicyclic amines) is 1. The first-order valence-electron chi connectivity index (χ1n) is 8.55. The van der Waals surface area contributed by atoms with Crippen LogP contribution in [0.2, 0.25) is 0 Å². The van der Waals surface area contributed by atoms with Crippen molar-refractivity contribution < 1.29 is 9.53 Å². The summed E-state index contributed by atoms with van der Waals surface area (Å²) in [5.74, 6) is 1.28. The summed E-state index contributed by atoms with van der Waals surface area (Å²) in [4.78, 5) is 19.4. The van der Waals surface area contributed by atoms with Crippen LogP contribution in [0.4, 0.5) is 4.79 Å². The van der Waals surface area contributed by atoms with E-state index in [1.54, 1.807) is 16.2 Å². The average molecular weight is 353 g/mol. The van der Waals surface area contributed by atoms with E-state index in [1.165, 1.54) is 12.0 Å². The zero-order chi connectivity index (χ0) is 17.4. The van der Waals surface area contributed by atoms with Crippen LogP contribution >= 0.6 is 11.3 Å². The predicted octanol–water partition coefficient (Wildman–Crippen LogP) is 2.64. The second-order valence-corrected chi connectivity index (χ2v) is 6.99.